The van der Waals surface area contributed by atoms with Crippen LogP contribution in [-0.4, -0.2) is 141 Å². The van der Waals surface area contributed by atoms with Crippen LogP contribution in [0.15, 0.2) is 0 Å². The van der Waals surface area contributed by atoms with Crippen molar-refractivity contribution in [1.82, 2.24) is 5.32 Å². The summed E-state index contributed by atoms with van der Waals surface area (Å²) >= 11 is 0. The fourth-order valence-electron chi connectivity index (χ4n) is 5.55. The third kappa shape index (κ3) is 17.7. The maximum atomic E-state index is 12.3. The van der Waals surface area contributed by atoms with Crippen LogP contribution in [0.4, 0.5) is 0 Å². The van der Waals surface area contributed by atoms with E-state index in [2.05, 4.69) is 30.6 Å². The summed E-state index contributed by atoms with van der Waals surface area (Å²) < 4.78 is 65.5. The van der Waals surface area contributed by atoms with E-state index in [9.17, 15) is 47.9 Å². The van der Waals surface area contributed by atoms with E-state index in [4.69, 9.17) is 42.6 Å². The molecule has 2 aliphatic rings. The Kier molecular flexibility index (Phi) is 20.9. The molecule has 0 aromatic rings. The summed E-state index contributed by atoms with van der Waals surface area (Å²) in [7, 11) is -5.61. The summed E-state index contributed by atoms with van der Waals surface area (Å²) in [6.07, 6.45) is -15.8. The fourth-order valence-corrected chi connectivity index (χ4v) is 5.99. The van der Waals surface area contributed by atoms with Crippen LogP contribution in [-0.2, 0) is 85.3 Å². The molecule has 0 aliphatic carbocycles. The topological polar surface area (TPSA) is 289 Å². The van der Waals surface area contributed by atoms with Gasteiger partial charge in [0.15, 0.2) is 37.0 Å². The van der Waals surface area contributed by atoms with Gasteiger partial charge in [0, 0.05) is 48.5 Å². The predicted octanol–water partition coefficient (Wildman–Crippen LogP) is -2.41. The van der Waals surface area contributed by atoms with Gasteiger partial charge in [0.25, 0.3) is 7.82 Å². The standard InChI is InChI=1S/C26H38NO20P.C6H15N/c1-10(28)27-19-22(41-14(5)32)20(17(8-38-11(2)29)44-25(19)47-48(35,36)37)46-26-24(43-16(7)34)23(42-15(6)33)21(40-13(4)31)18(45-26)9-39-12(3)30;1-4-7(5-2)6-3/h17-26H,8-9H2,1-7H3,(H,27,28)(H2,35,36,37);4-6H2,1-3H3/t17-,18-,19-,20-,21-,22-,23+,24-,25-,26+;/m1./s1. The van der Waals surface area contributed by atoms with Gasteiger partial charge in [-0.05, 0) is 20.8 Å². The summed E-state index contributed by atoms with van der Waals surface area (Å²) in [5, 5.41) is 2.28. The number of nitrogens with one attached hydrogen (secondary N) is 2. The number of ether oxygens (including phenoxy) is 9. The lowest BCUT2D eigenvalue weighted by Crippen LogP contribution is -3.11. The van der Waals surface area contributed by atoms with E-state index >= 15 is 0 Å². The Hall–Kier alpha value is -3.76. The second-order valence-corrected chi connectivity index (χ2v) is 13.3. The van der Waals surface area contributed by atoms with E-state index in [0.29, 0.717) is 0 Å². The number of amides is 1. The average molecular weight is 817 g/mol. The third-order valence-electron chi connectivity index (χ3n) is 7.75. The Bertz CT molecular complexity index is 1360. The number of rotatable bonds is 16. The van der Waals surface area contributed by atoms with Crippen molar-refractivity contribution in [2.45, 2.75) is 131 Å². The lowest BCUT2D eigenvalue weighted by Gasteiger charge is -2.49. The highest BCUT2D eigenvalue weighted by Crippen LogP contribution is 2.39. The molecule has 2 saturated heterocycles. The van der Waals surface area contributed by atoms with Crippen molar-refractivity contribution in [2.24, 2.45) is 0 Å². The van der Waals surface area contributed by atoms with E-state index in [1.54, 1.807) is 4.90 Å². The smallest absolute Gasteiger partial charge is 0.303 e. The molecule has 316 valence electrons. The van der Waals surface area contributed by atoms with Crippen molar-refractivity contribution >= 4 is 49.5 Å². The zero-order valence-corrected chi connectivity index (χ0v) is 33.4. The SMILES string of the molecule is CC(=O)N[C@H]1[C@@H](OP(=O)([O-])O)O[C@H](COC(C)=O)[C@@H](O[C@@H]2O[C@H](COC(C)=O)[C@@H](OC(C)=O)[C@H](OC(C)=O)[C@H]2OC(C)=O)[C@@H]1OC(C)=O.CC[NH+](CC)CC. The minimum atomic E-state index is -5.61. The second-order valence-electron chi connectivity index (χ2n) is 12.2. The van der Waals surface area contributed by atoms with E-state index in [1.165, 1.54) is 19.6 Å². The first-order valence-corrected chi connectivity index (χ1v) is 18.8. The van der Waals surface area contributed by atoms with Crippen molar-refractivity contribution in [2.75, 3.05) is 32.8 Å². The van der Waals surface area contributed by atoms with Crippen LogP contribution in [0.2, 0.25) is 0 Å². The molecule has 2 fully saturated rings. The highest BCUT2D eigenvalue weighted by Gasteiger charge is 2.57. The molecule has 23 heteroatoms. The molecule has 0 saturated carbocycles. The van der Waals surface area contributed by atoms with Gasteiger partial charge in [-0.2, -0.15) is 0 Å². The van der Waals surface area contributed by atoms with Crippen molar-refractivity contribution in [3.05, 3.63) is 0 Å². The van der Waals surface area contributed by atoms with E-state index in [0.717, 1.165) is 48.5 Å². The van der Waals surface area contributed by atoms with Gasteiger partial charge >= 0.3 is 35.8 Å². The highest BCUT2D eigenvalue weighted by molar-refractivity contribution is 7.44. The van der Waals surface area contributed by atoms with Crippen LogP contribution in [0.5, 0.6) is 0 Å². The second kappa shape index (κ2) is 23.3. The van der Waals surface area contributed by atoms with Crippen LogP contribution in [0, 0.1) is 0 Å². The summed E-state index contributed by atoms with van der Waals surface area (Å²) in [5.74, 6) is -6.37. The lowest BCUT2D eigenvalue weighted by molar-refractivity contribution is -0.894. The van der Waals surface area contributed by atoms with Crippen LogP contribution >= 0.6 is 7.82 Å². The van der Waals surface area contributed by atoms with Crippen molar-refractivity contribution in [3.8, 4) is 0 Å². The van der Waals surface area contributed by atoms with E-state index in [1.807, 2.05) is 0 Å². The van der Waals surface area contributed by atoms with E-state index < -0.39 is 124 Å². The summed E-state index contributed by atoms with van der Waals surface area (Å²) in [6.45, 7) is 16.0. The normalized spacial score (nSPS) is 28.5. The van der Waals surface area contributed by atoms with Crippen LogP contribution in [0.3, 0.4) is 0 Å². The van der Waals surface area contributed by atoms with E-state index in [-0.39, 0.29) is 0 Å². The largest absolute Gasteiger partial charge is 0.756 e. The van der Waals surface area contributed by atoms with Crippen molar-refractivity contribution in [3.63, 3.8) is 0 Å². The third-order valence-corrected chi connectivity index (χ3v) is 8.22. The molecule has 22 nitrogen and oxygen atoms in total. The number of phosphoric ester groups is 1. The number of esters is 6. The molecule has 3 N–H and O–H groups in total. The zero-order valence-electron chi connectivity index (χ0n) is 32.5. The van der Waals surface area contributed by atoms with Gasteiger partial charge in [0.2, 0.25) is 5.91 Å². The highest BCUT2D eigenvalue weighted by atomic mass is 31.2. The Labute approximate surface area is 318 Å². The molecule has 0 spiro atoms. The quantitative estimate of drug-likeness (QED) is 0.0830. The van der Waals surface area contributed by atoms with Crippen molar-refractivity contribution < 1.29 is 100.0 Å². The lowest BCUT2D eigenvalue weighted by atomic mass is 9.95. The van der Waals surface area contributed by atoms with Gasteiger partial charge in [-0.15, -0.1) is 0 Å². The molecule has 2 rings (SSSR count). The number of carbonyl (C=O) groups is 7. The predicted molar refractivity (Wildman–Crippen MR) is 179 cm³/mol. The van der Waals surface area contributed by atoms with Gasteiger partial charge in [-0.1, -0.05) is 0 Å². The van der Waals surface area contributed by atoms with Crippen LogP contribution in [0.1, 0.15) is 69.2 Å². The Morgan fingerprint density at radius 3 is 1.40 bits per heavy atom. The molecule has 0 aromatic carbocycles. The number of quaternary nitrogens is 1. The maximum absolute atomic E-state index is 12.3. The first-order valence-electron chi connectivity index (χ1n) is 17.3. The molecule has 0 aromatic heterocycles. The minimum Gasteiger partial charge on any atom is -0.756 e. The van der Waals surface area contributed by atoms with Gasteiger partial charge in [0.1, 0.15) is 37.6 Å². The maximum Gasteiger partial charge on any atom is 0.303 e. The Morgan fingerprint density at radius 2 is 1.02 bits per heavy atom. The monoisotopic (exact) mass is 816 g/mol. The molecule has 1 amide bonds. The molecular weight excluding hydrogens is 763 g/mol. The van der Waals surface area contributed by atoms with Gasteiger partial charge in [-0.3, -0.25) is 42.7 Å². The Balaban J connectivity index is 0.00000196. The number of phosphoric acid groups is 1. The van der Waals surface area contributed by atoms with Crippen LogP contribution in [0.25, 0.3) is 0 Å². The molecule has 2 aliphatic heterocycles. The molecule has 0 bridgehead atoms. The number of hydrogen-bond acceptors (Lipinski definition) is 19. The molecule has 2 heterocycles. The summed E-state index contributed by atoms with van der Waals surface area (Å²) in [6, 6.07) is -1.76. The molecule has 55 heavy (non-hydrogen) atoms. The number of carbonyl (C=O) groups excluding carboxylic acids is 7. The Morgan fingerprint density at radius 1 is 0.618 bits per heavy atom. The number of hydrogen-bond donors (Lipinski definition) is 3. The molecule has 0 radical (unpaired) electrons. The summed E-state index contributed by atoms with van der Waals surface area (Å²) in [4.78, 5) is 107. The first-order chi connectivity index (χ1) is 25.5. The van der Waals surface area contributed by atoms with Gasteiger partial charge in [0.05, 0.1) is 19.6 Å². The molecule has 1 unspecified atom stereocenters. The fraction of sp³-hybridized carbons (Fsp3) is 0.781. The minimum absolute atomic E-state index is 0.636. The van der Waals surface area contributed by atoms with Gasteiger partial charge < -0.3 is 62.6 Å². The average Bonchev–Trinajstić information content (AvgIpc) is 3.04. The zero-order chi connectivity index (χ0) is 42.2. The van der Waals surface area contributed by atoms with Gasteiger partial charge in [-0.25, -0.2) is 0 Å². The first kappa shape index (κ1) is 49.3. The molecule has 11 atom stereocenters. The molecular formula is C32H53N2O20P. The van der Waals surface area contributed by atoms with Crippen molar-refractivity contribution in [1.29, 1.82) is 0 Å². The van der Waals surface area contributed by atoms with Crippen LogP contribution < -0.4 is 15.1 Å². The summed E-state index contributed by atoms with van der Waals surface area (Å²) in [5.41, 5.74) is 0.